The fourth-order valence-electron chi connectivity index (χ4n) is 2.66. The second kappa shape index (κ2) is 14.0. The zero-order valence-electron chi connectivity index (χ0n) is 17.6. The highest BCUT2D eigenvalue weighted by Gasteiger charge is 2.30. The molecule has 0 aromatic heterocycles. The lowest BCUT2D eigenvalue weighted by atomic mass is 10.0. The van der Waals surface area contributed by atoms with Gasteiger partial charge in [-0.2, -0.15) is 11.8 Å². The quantitative estimate of drug-likeness (QED) is 0.198. The van der Waals surface area contributed by atoms with E-state index in [4.69, 9.17) is 15.9 Å². The van der Waals surface area contributed by atoms with Crippen LogP contribution in [0.15, 0.2) is 30.3 Å². The van der Waals surface area contributed by atoms with Gasteiger partial charge in [0.2, 0.25) is 17.7 Å². The fraction of sp³-hybridized carbons (Fsp3) is 0.450. The maximum absolute atomic E-state index is 12.8. The van der Waals surface area contributed by atoms with E-state index in [-0.39, 0.29) is 6.42 Å². The van der Waals surface area contributed by atoms with E-state index in [1.165, 1.54) is 11.8 Å². The molecule has 1 aromatic rings. The summed E-state index contributed by atoms with van der Waals surface area (Å²) in [5, 5.41) is 24.9. The van der Waals surface area contributed by atoms with E-state index >= 15 is 0 Å². The number of rotatable bonds is 14. The van der Waals surface area contributed by atoms with Crippen LogP contribution in [0.1, 0.15) is 18.4 Å². The topological polar surface area (TPSA) is 188 Å². The van der Waals surface area contributed by atoms with E-state index in [0.717, 1.165) is 0 Å². The van der Waals surface area contributed by atoms with E-state index in [0.29, 0.717) is 17.7 Å². The average molecular weight is 469 g/mol. The Balaban J connectivity index is 2.96. The number of carbonyl (C=O) groups excluding carboxylic acids is 3. The number of benzene rings is 1. The van der Waals surface area contributed by atoms with Crippen LogP contribution in [-0.4, -0.2) is 76.6 Å². The summed E-state index contributed by atoms with van der Waals surface area (Å²) in [6, 6.07) is 5.06. The molecule has 11 nitrogen and oxygen atoms in total. The first-order valence-electron chi connectivity index (χ1n) is 9.74. The number of nitrogens with one attached hydrogen (secondary N) is 3. The molecule has 0 aliphatic rings. The van der Waals surface area contributed by atoms with Gasteiger partial charge in [0.25, 0.3) is 0 Å². The molecule has 0 saturated heterocycles. The van der Waals surface area contributed by atoms with Gasteiger partial charge in [0.15, 0.2) is 0 Å². The fourth-order valence-corrected chi connectivity index (χ4v) is 3.15. The van der Waals surface area contributed by atoms with Crippen LogP contribution in [-0.2, 0) is 30.4 Å². The predicted octanol–water partition coefficient (Wildman–Crippen LogP) is -1.05. The van der Waals surface area contributed by atoms with Crippen LogP contribution in [0.3, 0.4) is 0 Å². The maximum atomic E-state index is 12.8. The number of amides is 3. The van der Waals surface area contributed by atoms with Gasteiger partial charge in [0, 0.05) is 6.42 Å². The summed E-state index contributed by atoms with van der Waals surface area (Å²) < 4.78 is 0. The predicted molar refractivity (Wildman–Crippen MR) is 118 cm³/mol. The number of aliphatic carboxylic acids is 2. The van der Waals surface area contributed by atoms with Gasteiger partial charge in [0.05, 0.1) is 12.5 Å². The molecule has 12 heteroatoms. The molecular weight excluding hydrogens is 440 g/mol. The average Bonchev–Trinajstić information content (AvgIpc) is 2.74. The van der Waals surface area contributed by atoms with Crippen LogP contribution >= 0.6 is 11.8 Å². The molecule has 0 spiro atoms. The van der Waals surface area contributed by atoms with Crippen molar-refractivity contribution in [1.82, 2.24) is 16.0 Å². The third kappa shape index (κ3) is 10.3. The molecule has 0 saturated carbocycles. The van der Waals surface area contributed by atoms with E-state index < -0.39 is 60.8 Å². The number of carbonyl (C=O) groups is 5. The zero-order chi connectivity index (χ0) is 24.1. The SMILES string of the molecule is CSCCC(N)C(=O)NC(CC(=O)O)C(=O)NC(Cc1ccccc1)C(=O)NCC(=O)O. The maximum Gasteiger partial charge on any atom is 0.322 e. The van der Waals surface area contributed by atoms with Crippen molar-refractivity contribution in [3.05, 3.63) is 35.9 Å². The summed E-state index contributed by atoms with van der Waals surface area (Å²) in [6.45, 7) is -0.653. The summed E-state index contributed by atoms with van der Waals surface area (Å²) >= 11 is 1.48. The number of carboxylic acids is 2. The second-order valence-electron chi connectivity index (χ2n) is 6.91. The molecule has 1 rings (SSSR count). The Hall–Kier alpha value is -3.12. The van der Waals surface area contributed by atoms with Crippen molar-refractivity contribution in [2.24, 2.45) is 5.73 Å². The standard InChI is InChI=1S/C20H28N4O7S/c1-32-8-7-13(21)18(29)23-15(10-16(25)26)20(31)24-14(19(30)22-11-17(27)28)9-12-5-3-2-4-6-12/h2-6,13-15H,7-11,21H2,1H3,(H,22,30)(H,23,29)(H,24,31)(H,25,26)(H,27,28). The molecule has 3 unspecified atom stereocenters. The van der Waals surface area contributed by atoms with Crippen LogP contribution < -0.4 is 21.7 Å². The normalized spacial score (nSPS) is 13.3. The molecule has 0 heterocycles. The Bertz CT molecular complexity index is 806. The minimum atomic E-state index is -1.47. The molecule has 0 bridgehead atoms. The van der Waals surface area contributed by atoms with E-state index in [1.54, 1.807) is 30.3 Å². The molecule has 7 N–H and O–H groups in total. The minimum Gasteiger partial charge on any atom is -0.481 e. The van der Waals surface area contributed by atoms with Crippen LogP contribution in [0.25, 0.3) is 0 Å². The Morgan fingerprint density at radius 2 is 1.56 bits per heavy atom. The van der Waals surface area contributed by atoms with Crippen molar-refractivity contribution in [2.75, 3.05) is 18.6 Å². The third-order valence-electron chi connectivity index (χ3n) is 4.31. The van der Waals surface area contributed by atoms with Gasteiger partial charge in [-0.3, -0.25) is 24.0 Å². The van der Waals surface area contributed by atoms with Crippen LogP contribution in [0.5, 0.6) is 0 Å². The molecular formula is C20H28N4O7S. The summed E-state index contributed by atoms with van der Waals surface area (Å²) in [6.07, 6.45) is 1.48. The van der Waals surface area contributed by atoms with Crippen molar-refractivity contribution >= 4 is 41.4 Å². The van der Waals surface area contributed by atoms with Gasteiger partial charge in [-0.25, -0.2) is 0 Å². The highest BCUT2D eigenvalue weighted by Crippen LogP contribution is 2.06. The van der Waals surface area contributed by atoms with Gasteiger partial charge in [0.1, 0.15) is 18.6 Å². The number of carboxylic acid groups (broad SMARTS) is 2. The van der Waals surface area contributed by atoms with Gasteiger partial charge < -0.3 is 31.9 Å². The third-order valence-corrected chi connectivity index (χ3v) is 4.95. The molecule has 3 amide bonds. The minimum absolute atomic E-state index is 0.0268. The Labute approximate surface area is 189 Å². The first kappa shape index (κ1) is 26.9. The highest BCUT2D eigenvalue weighted by atomic mass is 32.2. The Morgan fingerprint density at radius 3 is 2.12 bits per heavy atom. The number of hydrogen-bond acceptors (Lipinski definition) is 7. The van der Waals surface area contributed by atoms with E-state index in [9.17, 15) is 24.0 Å². The van der Waals surface area contributed by atoms with Crippen molar-refractivity contribution in [2.45, 2.75) is 37.4 Å². The number of hydrogen-bond donors (Lipinski definition) is 6. The molecule has 1 aromatic carbocycles. The van der Waals surface area contributed by atoms with Crippen molar-refractivity contribution in [3.63, 3.8) is 0 Å². The lowest BCUT2D eigenvalue weighted by molar-refractivity contribution is -0.141. The van der Waals surface area contributed by atoms with Gasteiger partial charge in [-0.15, -0.1) is 0 Å². The number of nitrogens with two attached hydrogens (primary N) is 1. The first-order valence-corrected chi connectivity index (χ1v) is 11.1. The van der Waals surface area contributed by atoms with Gasteiger partial charge in [-0.05, 0) is 24.0 Å². The smallest absolute Gasteiger partial charge is 0.322 e. The van der Waals surface area contributed by atoms with Gasteiger partial charge in [-0.1, -0.05) is 30.3 Å². The largest absolute Gasteiger partial charge is 0.481 e. The summed E-state index contributed by atoms with van der Waals surface area (Å²) in [5.41, 5.74) is 6.46. The van der Waals surface area contributed by atoms with Crippen LogP contribution in [0.4, 0.5) is 0 Å². The van der Waals surface area contributed by atoms with Crippen molar-refractivity contribution in [1.29, 1.82) is 0 Å². The van der Waals surface area contributed by atoms with E-state index in [1.807, 2.05) is 6.26 Å². The summed E-state index contributed by atoms with van der Waals surface area (Å²) in [5.74, 6) is -4.34. The molecule has 176 valence electrons. The first-order chi connectivity index (χ1) is 15.1. The molecule has 0 aliphatic carbocycles. The summed E-state index contributed by atoms with van der Waals surface area (Å²) in [4.78, 5) is 59.5. The van der Waals surface area contributed by atoms with Crippen LogP contribution in [0, 0.1) is 0 Å². The molecule has 0 fully saturated rings. The lowest BCUT2D eigenvalue weighted by Gasteiger charge is -2.23. The Kier molecular flexibility index (Phi) is 11.8. The van der Waals surface area contributed by atoms with Crippen molar-refractivity contribution in [3.8, 4) is 0 Å². The molecule has 0 aliphatic heterocycles. The zero-order valence-corrected chi connectivity index (χ0v) is 18.4. The van der Waals surface area contributed by atoms with Crippen molar-refractivity contribution < 1.29 is 34.2 Å². The monoisotopic (exact) mass is 468 g/mol. The summed E-state index contributed by atoms with van der Waals surface area (Å²) in [7, 11) is 0. The molecule has 3 atom stereocenters. The van der Waals surface area contributed by atoms with Crippen LogP contribution in [0.2, 0.25) is 0 Å². The molecule has 0 radical (unpaired) electrons. The van der Waals surface area contributed by atoms with E-state index in [2.05, 4.69) is 16.0 Å². The highest BCUT2D eigenvalue weighted by molar-refractivity contribution is 7.98. The second-order valence-corrected chi connectivity index (χ2v) is 7.90. The lowest BCUT2D eigenvalue weighted by Crippen LogP contribution is -2.57. The Morgan fingerprint density at radius 1 is 0.938 bits per heavy atom. The van der Waals surface area contributed by atoms with Gasteiger partial charge >= 0.3 is 11.9 Å². The molecule has 32 heavy (non-hydrogen) atoms. The number of thioether (sulfide) groups is 1.